The normalized spacial score (nSPS) is 21.6. The van der Waals surface area contributed by atoms with Gasteiger partial charge in [-0.3, -0.25) is 0 Å². The van der Waals surface area contributed by atoms with Gasteiger partial charge in [0, 0.05) is 24.8 Å². The van der Waals surface area contributed by atoms with Crippen LogP contribution in [0, 0.1) is 6.92 Å². The Labute approximate surface area is 139 Å². The predicted molar refractivity (Wildman–Crippen MR) is 92.8 cm³/mol. The molecular weight excluding hydrogens is 290 g/mol. The van der Waals surface area contributed by atoms with E-state index in [1.165, 1.54) is 0 Å². The van der Waals surface area contributed by atoms with E-state index in [0.29, 0.717) is 6.04 Å². The summed E-state index contributed by atoms with van der Waals surface area (Å²) in [5.74, 6) is 1.02. The molecule has 1 fully saturated rings. The number of nitrogens with zero attached hydrogens (tertiary/aromatic N) is 2. The van der Waals surface area contributed by atoms with Crippen LogP contribution in [0.25, 0.3) is 0 Å². The van der Waals surface area contributed by atoms with Crippen LogP contribution >= 0.6 is 0 Å². The van der Waals surface area contributed by atoms with Gasteiger partial charge in [0.1, 0.15) is 11.4 Å². The summed E-state index contributed by atoms with van der Waals surface area (Å²) in [6.45, 7) is 7.66. The fourth-order valence-corrected chi connectivity index (χ4v) is 2.99. The Balaban J connectivity index is 1.83. The molecule has 5 heteroatoms. The molecule has 1 aromatic heterocycles. The number of pyridine rings is 1. The lowest BCUT2D eigenvalue weighted by Crippen LogP contribution is -2.44. The Morgan fingerprint density at radius 3 is 2.48 bits per heavy atom. The van der Waals surface area contributed by atoms with E-state index >= 15 is 0 Å². The Morgan fingerprint density at radius 1 is 1.26 bits per heavy atom. The molecule has 0 saturated heterocycles. The second-order valence-corrected chi connectivity index (χ2v) is 7.40. The molecule has 0 unspecified atom stereocenters. The minimum absolute atomic E-state index is 0.208. The molecule has 128 valence electrons. The number of rotatable bonds is 3. The van der Waals surface area contributed by atoms with Gasteiger partial charge in [-0.15, -0.1) is 0 Å². The van der Waals surface area contributed by atoms with Crippen molar-refractivity contribution < 1.29 is 9.53 Å². The minimum Gasteiger partial charge on any atom is -0.444 e. The van der Waals surface area contributed by atoms with Gasteiger partial charge < -0.3 is 15.0 Å². The van der Waals surface area contributed by atoms with Crippen LogP contribution < -0.4 is 10.2 Å². The van der Waals surface area contributed by atoms with Crippen molar-refractivity contribution in [1.82, 2.24) is 10.3 Å². The third-order valence-corrected chi connectivity index (χ3v) is 4.20. The molecule has 0 bridgehead atoms. The topological polar surface area (TPSA) is 54.5 Å². The van der Waals surface area contributed by atoms with Crippen LogP contribution in [0.2, 0.25) is 0 Å². The largest absolute Gasteiger partial charge is 0.444 e. The fraction of sp³-hybridized carbons (Fsp3) is 0.667. The molecule has 23 heavy (non-hydrogen) atoms. The van der Waals surface area contributed by atoms with Gasteiger partial charge in [-0.05, 0) is 65.5 Å². The van der Waals surface area contributed by atoms with Crippen LogP contribution in [0.1, 0.15) is 52.1 Å². The Bertz CT molecular complexity index is 531. The molecule has 0 spiro atoms. The highest BCUT2D eigenvalue weighted by atomic mass is 16.6. The molecule has 2 rings (SSSR count). The van der Waals surface area contributed by atoms with Crippen molar-refractivity contribution in [2.24, 2.45) is 0 Å². The van der Waals surface area contributed by atoms with E-state index < -0.39 is 5.60 Å². The van der Waals surface area contributed by atoms with Gasteiger partial charge in [0.15, 0.2) is 0 Å². The summed E-state index contributed by atoms with van der Waals surface area (Å²) in [5.41, 5.74) is 0.591. The fourth-order valence-electron chi connectivity index (χ4n) is 2.99. The minimum atomic E-state index is -0.446. The quantitative estimate of drug-likeness (QED) is 0.923. The molecule has 1 aliphatic carbocycles. The SMILES string of the molecule is Cc1cccc(N(C)C2CCC(NC(=O)OC(C)(C)C)CC2)n1. The maximum absolute atomic E-state index is 11.8. The number of ether oxygens (including phenoxy) is 1. The van der Waals surface area contributed by atoms with Gasteiger partial charge in [-0.1, -0.05) is 6.07 Å². The molecule has 1 N–H and O–H groups in total. The first-order valence-electron chi connectivity index (χ1n) is 8.40. The molecule has 1 aliphatic rings. The summed E-state index contributed by atoms with van der Waals surface area (Å²) in [6.07, 6.45) is 3.73. The van der Waals surface area contributed by atoms with Gasteiger partial charge >= 0.3 is 6.09 Å². The lowest BCUT2D eigenvalue weighted by molar-refractivity contribution is 0.0491. The highest BCUT2D eigenvalue weighted by Gasteiger charge is 2.27. The summed E-state index contributed by atoms with van der Waals surface area (Å²) >= 11 is 0. The molecule has 1 amide bonds. The third-order valence-electron chi connectivity index (χ3n) is 4.20. The predicted octanol–water partition coefficient (Wildman–Crippen LogP) is 3.66. The van der Waals surface area contributed by atoms with Gasteiger partial charge in [0.25, 0.3) is 0 Å². The number of carbonyl (C=O) groups is 1. The van der Waals surface area contributed by atoms with Crippen LogP contribution in [0.4, 0.5) is 10.6 Å². The molecule has 0 aromatic carbocycles. The van der Waals surface area contributed by atoms with E-state index in [-0.39, 0.29) is 12.1 Å². The van der Waals surface area contributed by atoms with E-state index in [4.69, 9.17) is 4.74 Å². The van der Waals surface area contributed by atoms with Crippen molar-refractivity contribution in [2.75, 3.05) is 11.9 Å². The number of nitrogens with one attached hydrogen (secondary N) is 1. The molecule has 0 atom stereocenters. The van der Waals surface area contributed by atoms with Gasteiger partial charge in [-0.2, -0.15) is 0 Å². The van der Waals surface area contributed by atoms with E-state index in [0.717, 1.165) is 37.2 Å². The number of hydrogen-bond acceptors (Lipinski definition) is 4. The Hall–Kier alpha value is -1.78. The van der Waals surface area contributed by atoms with Crippen molar-refractivity contribution in [3.8, 4) is 0 Å². The number of anilines is 1. The summed E-state index contributed by atoms with van der Waals surface area (Å²) in [4.78, 5) is 18.7. The molecule has 1 saturated carbocycles. The number of aryl methyl sites for hydroxylation is 1. The first kappa shape index (κ1) is 17.6. The van der Waals surface area contributed by atoms with E-state index in [1.54, 1.807) is 0 Å². The van der Waals surface area contributed by atoms with Crippen LogP contribution in [-0.4, -0.2) is 35.8 Å². The zero-order chi connectivity index (χ0) is 17.0. The Kier molecular flexibility index (Phi) is 5.50. The standard InChI is InChI=1S/C18H29N3O2/c1-13-7-6-8-16(19-13)21(5)15-11-9-14(10-12-15)20-17(22)23-18(2,3)4/h6-8,14-15H,9-12H2,1-5H3,(H,20,22). The summed E-state index contributed by atoms with van der Waals surface area (Å²) in [5, 5.41) is 2.99. The zero-order valence-electron chi connectivity index (χ0n) is 14.9. The van der Waals surface area contributed by atoms with Gasteiger partial charge in [0.2, 0.25) is 0 Å². The highest BCUT2D eigenvalue weighted by molar-refractivity contribution is 5.68. The smallest absolute Gasteiger partial charge is 0.407 e. The van der Waals surface area contributed by atoms with Crippen LogP contribution in [0.15, 0.2) is 18.2 Å². The lowest BCUT2D eigenvalue weighted by Gasteiger charge is -2.35. The molecule has 1 aromatic rings. The molecular formula is C18H29N3O2. The maximum atomic E-state index is 11.8. The molecule has 0 radical (unpaired) electrons. The summed E-state index contributed by atoms with van der Waals surface area (Å²) in [7, 11) is 2.11. The molecule has 0 aliphatic heterocycles. The van der Waals surface area contributed by atoms with Crippen molar-refractivity contribution in [2.45, 2.75) is 71.1 Å². The van der Waals surface area contributed by atoms with Crippen LogP contribution in [0.3, 0.4) is 0 Å². The first-order valence-corrected chi connectivity index (χ1v) is 8.40. The average molecular weight is 319 g/mol. The van der Waals surface area contributed by atoms with E-state index in [2.05, 4.69) is 28.3 Å². The number of alkyl carbamates (subject to hydrolysis) is 1. The molecule has 1 heterocycles. The molecule has 5 nitrogen and oxygen atoms in total. The summed E-state index contributed by atoms with van der Waals surface area (Å²) in [6, 6.07) is 6.79. The third kappa shape index (κ3) is 5.41. The van der Waals surface area contributed by atoms with Crippen molar-refractivity contribution in [3.63, 3.8) is 0 Å². The Morgan fingerprint density at radius 2 is 1.91 bits per heavy atom. The first-order chi connectivity index (χ1) is 10.7. The van der Waals surface area contributed by atoms with E-state index in [9.17, 15) is 4.79 Å². The van der Waals surface area contributed by atoms with E-state index in [1.807, 2.05) is 39.8 Å². The number of aromatic nitrogens is 1. The van der Waals surface area contributed by atoms with Crippen LogP contribution in [-0.2, 0) is 4.74 Å². The second kappa shape index (κ2) is 7.20. The summed E-state index contributed by atoms with van der Waals surface area (Å²) < 4.78 is 5.33. The van der Waals surface area contributed by atoms with Crippen molar-refractivity contribution in [3.05, 3.63) is 23.9 Å². The van der Waals surface area contributed by atoms with Gasteiger partial charge in [-0.25, -0.2) is 9.78 Å². The van der Waals surface area contributed by atoms with Crippen molar-refractivity contribution in [1.29, 1.82) is 0 Å². The van der Waals surface area contributed by atoms with Crippen molar-refractivity contribution >= 4 is 11.9 Å². The maximum Gasteiger partial charge on any atom is 0.407 e. The second-order valence-electron chi connectivity index (χ2n) is 7.40. The van der Waals surface area contributed by atoms with Crippen LogP contribution in [0.5, 0.6) is 0 Å². The number of carbonyl (C=O) groups excluding carboxylic acids is 1. The number of amides is 1. The highest BCUT2D eigenvalue weighted by Crippen LogP contribution is 2.25. The average Bonchev–Trinajstić information content (AvgIpc) is 2.45. The zero-order valence-corrected chi connectivity index (χ0v) is 14.9. The van der Waals surface area contributed by atoms with Gasteiger partial charge in [0.05, 0.1) is 0 Å². The number of hydrogen-bond donors (Lipinski definition) is 1. The monoisotopic (exact) mass is 319 g/mol. The lowest BCUT2D eigenvalue weighted by atomic mass is 9.90.